The van der Waals surface area contributed by atoms with Crippen LogP contribution in [0.4, 0.5) is 0 Å². The van der Waals surface area contributed by atoms with E-state index in [1.54, 1.807) is 0 Å². The summed E-state index contributed by atoms with van der Waals surface area (Å²) in [7, 11) is 0. The Morgan fingerprint density at radius 3 is 2.47 bits per heavy atom. The molecule has 0 atom stereocenters. The molecule has 0 spiro atoms. The van der Waals surface area contributed by atoms with Crippen LogP contribution >= 0.6 is 0 Å². The van der Waals surface area contributed by atoms with Crippen LogP contribution in [0.25, 0.3) is 0 Å². The summed E-state index contributed by atoms with van der Waals surface area (Å²) >= 11 is 0. The summed E-state index contributed by atoms with van der Waals surface area (Å²) in [5.41, 5.74) is 2.61. The number of aryl methyl sites for hydroxylation is 1. The highest BCUT2D eigenvalue weighted by atomic mass is 15.2. The topological polar surface area (TPSA) is 27.0 Å². The maximum Gasteiger partial charge on any atom is 0.0871 e. The Hall–Kier alpha value is -1.33. The van der Waals surface area contributed by atoms with Crippen molar-refractivity contribution in [2.45, 2.75) is 45.2 Å². The van der Waals surface area contributed by atoms with Crippen molar-refractivity contribution in [3.63, 3.8) is 0 Å². The second-order valence-electron chi connectivity index (χ2n) is 4.99. The van der Waals surface area contributed by atoms with E-state index in [-0.39, 0.29) is 0 Å². The van der Waals surface area contributed by atoms with E-state index in [0.717, 1.165) is 6.54 Å². The van der Waals surface area contributed by atoms with Gasteiger partial charge in [-0.25, -0.2) is 0 Å². The van der Waals surface area contributed by atoms with Gasteiger partial charge in [-0.3, -0.25) is 4.90 Å². The maximum atomic E-state index is 8.93. The molecule has 0 N–H and O–H groups in total. The summed E-state index contributed by atoms with van der Waals surface area (Å²) in [5, 5.41) is 8.93. The number of benzene rings is 1. The Morgan fingerprint density at radius 2 is 1.88 bits per heavy atom. The zero-order chi connectivity index (χ0) is 12.1. The molecule has 2 rings (SSSR count). The molecule has 2 heteroatoms. The van der Waals surface area contributed by atoms with Crippen LogP contribution in [-0.4, -0.2) is 17.5 Å². The first-order valence-corrected chi connectivity index (χ1v) is 6.46. The Bertz CT molecular complexity index is 382. The summed E-state index contributed by atoms with van der Waals surface area (Å²) in [6.07, 6.45) is 5.15. The van der Waals surface area contributed by atoms with Crippen molar-refractivity contribution >= 4 is 0 Å². The van der Waals surface area contributed by atoms with Gasteiger partial charge in [0, 0.05) is 12.6 Å². The largest absolute Gasteiger partial charge is 0.283 e. The van der Waals surface area contributed by atoms with Crippen molar-refractivity contribution in [3.8, 4) is 6.07 Å². The van der Waals surface area contributed by atoms with E-state index in [1.807, 2.05) is 0 Å². The van der Waals surface area contributed by atoms with Crippen molar-refractivity contribution in [1.82, 2.24) is 4.90 Å². The van der Waals surface area contributed by atoms with Gasteiger partial charge in [0.2, 0.25) is 0 Å². The van der Waals surface area contributed by atoms with Crippen molar-refractivity contribution in [3.05, 3.63) is 35.4 Å². The van der Waals surface area contributed by atoms with Gasteiger partial charge in [0.05, 0.1) is 12.6 Å². The number of hydrogen-bond donors (Lipinski definition) is 0. The van der Waals surface area contributed by atoms with E-state index in [4.69, 9.17) is 5.26 Å². The number of rotatable bonds is 4. The third-order valence-electron chi connectivity index (χ3n) is 3.62. The molecule has 0 unspecified atom stereocenters. The molecule has 1 saturated carbocycles. The van der Waals surface area contributed by atoms with Gasteiger partial charge in [0.15, 0.2) is 0 Å². The van der Waals surface area contributed by atoms with Crippen LogP contribution in [0.1, 0.15) is 36.8 Å². The minimum Gasteiger partial charge on any atom is -0.283 e. The summed E-state index contributed by atoms with van der Waals surface area (Å²) in [6, 6.07) is 11.6. The van der Waals surface area contributed by atoms with E-state index in [2.05, 4.69) is 42.2 Å². The minimum absolute atomic E-state index is 0.554. The first-order chi connectivity index (χ1) is 8.29. The molecule has 0 aromatic heterocycles. The predicted molar refractivity (Wildman–Crippen MR) is 69.5 cm³/mol. The Balaban J connectivity index is 2.01. The normalized spacial score (nSPS) is 16.3. The van der Waals surface area contributed by atoms with E-state index < -0.39 is 0 Å². The second-order valence-corrected chi connectivity index (χ2v) is 4.99. The molecular weight excluding hydrogens is 208 g/mol. The van der Waals surface area contributed by atoms with Crippen LogP contribution in [0.2, 0.25) is 0 Å². The van der Waals surface area contributed by atoms with Gasteiger partial charge in [-0.15, -0.1) is 0 Å². The monoisotopic (exact) mass is 228 g/mol. The molecule has 17 heavy (non-hydrogen) atoms. The minimum atomic E-state index is 0.554. The molecule has 1 aromatic rings. The van der Waals surface area contributed by atoms with E-state index >= 15 is 0 Å². The SMILES string of the molecule is Cc1ccc(CN(CC#N)C2CCCC2)cc1. The number of nitriles is 1. The van der Waals surface area contributed by atoms with Gasteiger partial charge in [0.1, 0.15) is 0 Å². The first-order valence-electron chi connectivity index (χ1n) is 6.46. The van der Waals surface area contributed by atoms with Gasteiger partial charge in [-0.05, 0) is 25.3 Å². The highest BCUT2D eigenvalue weighted by molar-refractivity contribution is 5.21. The molecule has 0 aliphatic heterocycles. The third-order valence-corrected chi connectivity index (χ3v) is 3.62. The number of hydrogen-bond acceptors (Lipinski definition) is 2. The quantitative estimate of drug-likeness (QED) is 0.740. The van der Waals surface area contributed by atoms with Crippen LogP contribution in [0.3, 0.4) is 0 Å². The fourth-order valence-electron chi connectivity index (χ4n) is 2.60. The van der Waals surface area contributed by atoms with Gasteiger partial charge >= 0.3 is 0 Å². The smallest absolute Gasteiger partial charge is 0.0871 e. The lowest BCUT2D eigenvalue weighted by Gasteiger charge is -2.26. The molecule has 90 valence electrons. The number of nitrogens with zero attached hydrogens (tertiary/aromatic N) is 2. The predicted octanol–water partition coefficient (Wildman–Crippen LogP) is 3.26. The Labute approximate surface area is 104 Å². The molecule has 0 heterocycles. The van der Waals surface area contributed by atoms with Gasteiger partial charge in [0.25, 0.3) is 0 Å². The molecule has 2 nitrogen and oxygen atoms in total. The Kier molecular flexibility index (Phi) is 4.17. The third kappa shape index (κ3) is 3.31. The average molecular weight is 228 g/mol. The van der Waals surface area contributed by atoms with Gasteiger partial charge in [-0.1, -0.05) is 42.7 Å². The van der Waals surface area contributed by atoms with Gasteiger partial charge < -0.3 is 0 Å². The summed E-state index contributed by atoms with van der Waals surface area (Å²) < 4.78 is 0. The standard InChI is InChI=1S/C15H20N2/c1-13-6-8-14(9-7-13)12-17(11-10-16)15-4-2-3-5-15/h6-9,15H,2-5,11-12H2,1H3. The van der Waals surface area contributed by atoms with E-state index in [9.17, 15) is 0 Å². The molecule has 0 amide bonds. The zero-order valence-corrected chi connectivity index (χ0v) is 10.5. The molecule has 1 fully saturated rings. The summed E-state index contributed by atoms with van der Waals surface area (Å²) in [5.74, 6) is 0. The van der Waals surface area contributed by atoms with E-state index in [1.165, 1.54) is 36.8 Å². The van der Waals surface area contributed by atoms with Crippen LogP contribution in [0, 0.1) is 18.3 Å². The molecular formula is C15H20N2. The Morgan fingerprint density at radius 1 is 1.24 bits per heavy atom. The summed E-state index contributed by atoms with van der Waals surface area (Å²) in [6.45, 7) is 3.57. The fraction of sp³-hybridized carbons (Fsp3) is 0.533. The molecule has 0 bridgehead atoms. The summed E-state index contributed by atoms with van der Waals surface area (Å²) in [4.78, 5) is 2.33. The van der Waals surface area contributed by atoms with Crippen molar-refractivity contribution in [1.29, 1.82) is 5.26 Å². The molecule has 1 aliphatic rings. The zero-order valence-electron chi connectivity index (χ0n) is 10.5. The lowest BCUT2D eigenvalue weighted by atomic mass is 10.1. The first kappa shape index (κ1) is 12.1. The average Bonchev–Trinajstić information content (AvgIpc) is 2.85. The van der Waals surface area contributed by atoms with Crippen LogP contribution in [0.5, 0.6) is 0 Å². The lowest BCUT2D eigenvalue weighted by Crippen LogP contribution is -2.33. The van der Waals surface area contributed by atoms with Crippen LogP contribution in [0.15, 0.2) is 24.3 Å². The maximum absolute atomic E-state index is 8.93. The van der Waals surface area contributed by atoms with Gasteiger partial charge in [-0.2, -0.15) is 5.26 Å². The second kappa shape index (κ2) is 5.84. The van der Waals surface area contributed by atoms with Crippen molar-refractivity contribution < 1.29 is 0 Å². The lowest BCUT2D eigenvalue weighted by molar-refractivity contribution is 0.214. The van der Waals surface area contributed by atoms with E-state index in [0.29, 0.717) is 12.6 Å². The molecule has 0 radical (unpaired) electrons. The van der Waals surface area contributed by atoms with Crippen molar-refractivity contribution in [2.75, 3.05) is 6.54 Å². The molecule has 0 saturated heterocycles. The van der Waals surface area contributed by atoms with Crippen LogP contribution < -0.4 is 0 Å². The molecule has 1 aliphatic carbocycles. The highest BCUT2D eigenvalue weighted by Crippen LogP contribution is 2.24. The molecule has 1 aromatic carbocycles. The van der Waals surface area contributed by atoms with Crippen LogP contribution in [-0.2, 0) is 6.54 Å². The highest BCUT2D eigenvalue weighted by Gasteiger charge is 2.22. The fourth-order valence-corrected chi connectivity index (χ4v) is 2.60. The van der Waals surface area contributed by atoms with Crippen molar-refractivity contribution in [2.24, 2.45) is 0 Å².